The van der Waals surface area contributed by atoms with Crippen LogP contribution in [0.5, 0.6) is 0 Å². The lowest BCUT2D eigenvalue weighted by molar-refractivity contribution is -0.143. The quantitative estimate of drug-likeness (QED) is 0.181. The first-order valence-corrected chi connectivity index (χ1v) is 8.18. The monoisotopic (exact) mass is 390 g/mol. The van der Waals surface area contributed by atoms with Gasteiger partial charge in [0, 0.05) is 6.42 Å². The van der Waals surface area contributed by atoms with Gasteiger partial charge < -0.3 is 37.0 Å². The summed E-state index contributed by atoms with van der Waals surface area (Å²) >= 11 is 0. The Kier molecular flexibility index (Phi) is 10.6. The van der Waals surface area contributed by atoms with Gasteiger partial charge in [-0.2, -0.15) is 0 Å². The smallest absolute Gasteiger partial charge is 0.326 e. The van der Waals surface area contributed by atoms with E-state index in [-0.39, 0.29) is 12.3 Å². The van der Waals surface area contributed by atoms with E-state index in [1.165, 1.54) is 0 Å². The van der Waals surface area contributed by atoms with Gasteiger partial charge in [-0.25, -0.2) is 4.79 Å². The number of carboxylic acids is 2. The Labute approximate surface area is 155 Å². The van der Waals surface area contributed by atoms with Crippen molar-refractivity contribution in [3.8, 4) is 0 Å². The van der Waals surface area contributed by atoms with Gasteiger partial charge in [0.15, 0.2) is 0 Å². The molecule has 12 nitrogen and oxygen atoms in total. The van der Waals surface area contributed by atoms with Crippen LogP contribution in [0.4, 0.5) is 0 Å². The van der Waals surface area contributed by atoms with Crippen LogP contribution in [-0.2, 0) is 24.0 Å². The molecule has 8 N–H and O–H groups in total. The fraction of sp³-hybridized carbons (Fsp3) is 0.667. The molecule has 0 unspecified atom stereocenters. The molecule has 0 heterocycles. The Morgan fingerprint density at radius 3 is 2.00 bits per heavy atom. The fourth-order valence-electron chi connectivity index (χ4n) is 1.82. The Balaban J connectivity index is 4.65. The number of carbonyl (C=O) groups is 5. The van der Waals surface area contributed by atoms with E-state index in [1.54, 1.807) is 13.8 Å². The Morgan fingerprint density at radius 2 is 1.56 bits per heavy atom. The zero-order valence-corrected chi connectivity index (χ0v) is 15.1. The van der Waals surface area contributed by atoms with Crippen LogP contribution in [-0.4, -0.2) is 76.3 Å². The zero-order chi connectivity index (χ0) is 21.1. The number of aliphatic hydroxyl groups excluding tert-OH is 1. The van der Waals surface area contributed by atoms with Crippen molar-refractivity contribution < 1.29 is 39.3 Å². The van der Waals surface area contributed by atoms with Crippen LogP contribution < -0.4 is 21.7 Å². The van der Waals surface area contributed by atoms with Gasteiger partial charge in [-0.3, -0.25) is 19.2 Å². The lowest BCUT2D eigenvalue weighted by Crippen LogP contribution is -2.55. The molecule has 0 bridgehead atoms. The predicted molar refractivity (Wildman–Crippen MR) is 91.3 cm³/mol. The number of amides is 3. The molecular weight excluding hydrogens is 364 g/mol. The van der Waals surface area contributed by atoms with E-state index in [4.69, 9.17) is 15.9 Å². The van der Waals surface area contributed by atoms with Gasteiger partial charge in [-0.1, -0.05) is 13.8 Å². The molecule has 3 amide bonds. The molecule has 3 atom stereocenters. The fourth-order valence-corrected chi connectivity index (χ4v) is 1.82. The summed E-state index contributed by atoms with van der Waals surface area (Å²) in [4.78, 5) is 57.0. The van der Waals surface area contributed by atoms with Crippen molar-refractivity contribution in [1.82, 2.24) is 16.0 Å². The lowest BCUT2D eigenvalue weighted by Gasteiger charge is -2.20. The summed E-state index contributed by atoms with van der Waals surface area (Å²) < 4.78 is 0. The van der Waals surface area contributed by atoms with Crippen LogP contribution in [0.2, 0.25) is 0 Å². The molecular formula is C15H26N4O8. The van der Waals surface area contributed by atoms with E-state index < -0.39 is 67.4 Å². The van der Waals surface area contributed by atoms with Crippen LogP contribution in [0.1, 0.15) is 26.7 Å². The second-order valence-electron chi connectivity index (χ2n) is 6.12. The molecule has 0 aliphatic carbocycles. The van der Waals surface area contributed by atoms with Crippen LogP contribution in [0.25, 0.3) is 0 Å². The maximum atomic E-state index is 12.0. The van der Waals surface area contributed by atoms with E-state index in [1.807, 2.05) is 5.32 Å². The van der Waals surface area contributed by atoms with Gasteiger partial charge >= 0.3 is 11.9 Å². The van der Waals surface area contributed by atoms with Gasteiger partial charge in [0.1, 0.15) is 12.1 Å². The van der Waals surface area contributed by atoms with Crippen molar-refractivity contribution in [2.24, 2.45) is 11.7 Å². The van der Waals surface area contributed by atoms with Gasteiger partial charge in [-0.15, -0.1) is 0 Å². The van der Waals surface area contributed by atoms with Crippen molar-refractivity contribution in [2.45, 2.75) is 44.8 Å². The van der Waals surface area contributed by atoms with Gasteiger partial charge in [0.2, 0.25) is 17.7 Å². The van der Waals surface area contributed by atoms with E-state index in [0.29, 0.717) is 0 Å². The van der Waals surface area contributed by atoms with Crippen molar-refractivity contribution >= 4 is 29.7 Å². The average molecular weight is 390 g/mol. The molecule has 0 saturated heterocycles. The Bertz CT molecular complexity index is 566. The van der Waals surface area contributed by atoms with Crippen molar-refractivity contribution in [1.29, 1.82) is 0 Å². The first-order valence-electron chi connectivity index (χ1n) is 8.18. The Morgan fingerprint density at radius 1 is 0.963 bits per heavy atom. The van der Waals surface area contributed by atoms with E-state index >= 15 is 0 Å². The highest BCUT2D eigenvalue weighted by Crippen LogP contribution is 2.00. The maximum Gasteiger partial charge on any atom is 0.326 e. The van der Waals surface area contributed by atoms with Crippen molar-refractivity contribution in [3.05, 3.63) is 0 Å². The highest BCUT2D eigenvalue weighted by atomic mass is 16.4. The highest BCUT2D eigenvalue weighted by molar-refractivity contribution is 5.92. The summed E-state index contributed by atoms with van der Waals surface area (Å²) in [6.45, 7) is 2.12. The molecule has 154 valence electrons. The summed E-state index contributed by atoms with van der Waals surface area (Å²) in [5.74, 6) is -5.22. The second kappa shape index (κ2) is 11.8. The second-order valence-corrected chi connectivity index (χ2v) is 6.12. The largest absolute Gasteiger partial charge is 0.481 e. The summed E-state index contributed by atoms with van der Waals surface area (Å²) in [5.41, 5.74) is 5.61. The van der Waals surface area contributed by atoms with Gasteiger partial charge in [0.05, 0.1) is 19.2 Å². The summed E-state index contributed by atoms with van der Waals surface area (Å²) in [6.07, 6.45) is -0.860. The molecule has 0 radical (unpaired) electrons. The van der Waals surface area contributed by atoms with E-state index in [0.717, 1.165) is 0 Å². The predicted octanol–water partition coefficient (Wildman–Crippen LogP) is -3.00. The molecule has 0 spiro atoms. The minimum Gasteiger partial charge on any atom is -0.481 e. The maximum absolute atomic E-state index is 12.0. The molecule has 0 saturated carbocycles. The molecule has 0 fully saturated rings. The normalized spacial score (nSPS) is 14.0. The molecule has 0 aromatic carbocycles. The number of carboxylic acid groups (broad SMARTS) is 2. The third kappa shape index (κ3) is 9.51. The number of nitrogens with one attached hydrogen (secondary N) is 3. The number of carbonyl (C=O) groups excluding carboxylic acids is 3. The van der Waals surface area contributed by atoms with Crippen LogP contribution in [0, 0.1) is 5.92 Å². The average Bonchev–Trinajstić information content (AvgIpc) is 2.59. The molecule has 0 aliphatic heterocycles. The summed E-state index contributed by atoms with van der Waals surface area (Å²) in [6, 6.07) is -3.79. The molecule has 12 heteroatoms. The Hall–Kier alpha value is -2.73. The molecule has 0 aromatic rings. The molecule has 0 aliphatic rings. The minimum atomic E-state index is -1.50. The first kappa shape index (κ1) is 24.3. The van der Waals surface area contributed by atoms with Crippen LogP contribution >= 0.6 is 0 Å². The standard InChI is InChI=1S/C15H26N4O8/c1-7(2)12(16)14(25)17-5-10(21)18-9(6-20)13(24)19-8(15(26)27)3-4-11(22)23/h7-9,12,20H,3-6,16H2,1-2H3,(H,17,25)(H,18,21)(H,19,24)(H,22,23)(H,26,27)/t8-,9+,12+/m1/s1. The number of aliphatic carboxylic acids is 2. The highest BCUT2D eigenvalue weighted by Gasteiger charge is 2.27. The number of hydrogen-bond acceptors (Lipinski definition) is 7. The topological polar surface area (TPSA) is 208 Å². The van der Waals surface area contributed by atoms with Crippen molar-refractivity contribution in [2.75, 3.05) is 13.2 Å². The summed E-state index contributed by atoms with van der Waals surface area (Å²) in [7, 11) is 0. The lowest BCUT2D eigenvalue weighted by atomic mass is 10.1. The van der Waals surface area contributed by atoms with E-state index in [9.17, 15) is 29.1 Å². The zero-order valence-electron chi connectivity index (χ0n) is 15.1. The summed E-state index contributed by atoms with van der Waals surface area (Å²) in [5, 5.41) is 33.3. The van der Waals surface area contributed by atoms with Crippen molar-refractivity contribution in [3.63, 3.8) is 0 Å². The third-order valence-corrected chi connectivity index (χ3v) is 3.54. The number of aliphatic hydroxyl groups is 1. The van der Waals surface area contributed by atoms with Crippen LogP contribution in [0.15, 0.2) is 0 Å². The van der Waals surface area contributed by atoms with Gasteiger partial charge in [-0.05, 0) is 12.3 Å². The first-order chi connectivity index (χ1) is 12.5. The third-order valence-electron chi connectivity index (χ3n) is 3.54. The number of hydrogen-bond donors (Lipinski definition) is 7. The number of nitrogens with two attached hydrogens (primary N) is 1. The van der Waals surface area contributed by atoms with Crippen LogP contribution in [0.3, 0.4) is 0 Å². The minimum absolute atomic E-state index is 0.150. The van der Waals surface area contributed by atoms with E-state index in [2.05, 4.69) is 10.6 Å². The molecule has 27 heavy (non-hydrogen) atoms. The molecule has 0 rings (SSSR count). The SMILES string of the molecule is CC(C)[C@H](N)C(=O)NCC(=O)N[C@@H](CO)C(=O)N[C@H](CCC(=O)O)C(=O)O. The van der Waals surface area contributed by atoms with Gasteiger partial charge in [0.25, 0.3) is 0 Å². The number of rotatable bonds is 12. The molecule has 0 aromatic heterocycles.